The van der Waals surface area contributed by atoms with Gasteiger partial charge in [0.05, 0.1) is 6.61 Å². The third kappa shape index (κ3) is 1.83. The van der Waals surface area contributed by atoms with Crippen LogP contribution < -0.4 is 4.74 Å². The molecule has 0 bridgehead atoms. The molecular weight excluding hydrogens is 224 g/mol. The highest BCUT2D eigenvalue weighted by Crippen LogP contribution is 2.31. The van der Waals surface area contributed by atoms with Gasteiger partial charge in [0.15, 0.2) is 5.15 Å². The van der Waals surface area contributed by atoms with Gasteiger partial charge in [-0.1, -0.05) is 29.8 Å². The van der Waals surface area contributed by atoms with Crippen molar-refractivity contribution in [3.05, 3.63) is 29.4 Å². The highest BCUT2D eigenvalue weighted by atomic mass is 35.5. The standard InChI is InChI=1S/C12H11ClN2O/c13-11-9-3-1-2-4-10(9)12(15-14-11)16-7-8-5-6-8/h1-4,8H,5-7H2. The minimum Gasteiger partial charge on any atom is -0.476 e. The zero-order chi connectivity index (χ0) is 11.0. The van der Waals surface area contributed by atoms with Crippen molar-refractivity contribution in [1.29, 1.82) is 0 Å². The van der Waals surface area contributed by atoms with Crippen molar-refractivity contribution < 1.29 is 4.74 Å². The van der Waals surface area contributed by atoms with Crippen LogP contribution in [0, 0.1) is 5.92 Å². The summed E-state index contributed by atoms with van der Waals surface area (Å²) in [6.45, 7) is 0.736. The van der Waals surface area contributed by atoms with Crippen LogP contribution in [0.25, 0.3) is 10.8 Å². The quantitative estimate of drug-likeness (QED) is 0.819. The van der Waals surface area contributed by atoms with E-state index < -0.39 is 0 Å². The van der Waals surface area contributed by atoms with Gasteiger partial charge in [-0.25, -0.2) is 0 Å². The lowest BCUT2D eigenvalue weighted by Gasteiger charge is -2.07. The van der Waals surface area contributed by atoms with Crippen LogP contribution in [-0.2, 0) is 0 Å². The van der Waals surface area contributed by atoms with Crippen molar-refractivity contribution in [2.45, 2.75) is 12.8 Å². The summed E-state index contributed by atoms with van der Waals surface area (Å²) in [6.07, 6.45) is 2.53. The summed E-state index contributed by atoms with van der Waals surface area (Å²) in [5.41, 5.74) is 0. The molecule has 0 unspecified atom stereocenters. The maximum Gasteiger partial charge on any atom is 0.241 e. The van der Waals surface area contributed by atoms with Crippen molar-refractivity contribution in [3.63, 3.8) is 0 Å². The summed E-state index contributed by atoms with van der Waals surface area (Å²) in [6, 6.07) is 7.76. The van der Waals surface area contributed by atoms with Crippen LogP contribution in [0.4, 0.5) is 0 Å². The molecule has 0 N–H and O–H groups in total. The highest BCUT2D eigenvalue weighted by Gasteiger charge is 2.22. The first kappa shape index (κ1) is 9.85. The highest BCUT2D eigenvalue weighted by molar-refractivity contribution is 6.34. The van der Waals surface area contributed by atoms with Gasteiger partial charge in [-0.3, -0.25) is 0 Å². The number of ether oxygens (including phenoxy) is 1. The normalized spacial score (nSPS) is 15.3. The number of aromatic nitrogens is 2. The van der Waals surface area contributed by atoms with Gasteiger partial charge in [-0.15, -0.1) is 10.2 Å². The number of hydrogen-bond donors (Lipinski definition) is 0. The Balaban J connectivity index is 1.99. The minimum absolute atomic E-state index is 0.425. The molecule has 0 amide bonds. The lowest BCUT2D eigenvalue weighted by molar-refractivity contribution is 0.289. The van der Waals surface area contributed by atoms with Gasteiger partial charge < -0.3 is 4.74 Å². The molecule has 0 spiro atoms. The fraction of sp³-hybridized carbons (Fsp3) is 0.333. The van der Waals surface area contributed by atoms with E-state index in [0.717, 1.165) is 17.4 Å². The Morgan fingerprint density at radius 1 is 1.19 bits per heavy atom. The van der Waals surface area contributed by atoms with Crippen LogP contribution >= 0.6 is 11.6 Å². The van der Waals surface area contributed by atoms with Gasteiger partial charge in [0, 0.05) is 10.8 Å². The second-order valence-electron chi connectivity index (χ2n) is 4.10. The molecule has 0 radical (unpaired) electrons. The maximum absolute atomic E-state index is 5.97. The summed E-state index contributed by atoms with van der Waals surface area (Å²) < 4.78 is 5.67. The number of rotatable bonds is 3. The fourth-order valence-electron chi connectivity index (χ4n) is 1.63. The molecule has 1 heterocycles. The summed E-state index contributed by atoms with van der Waals surface area (Å²) in [7, 11) is 0. The van der Waals surface area contributed by atoms with Crippen LogP contribution in [0.1, 0.15) is 12.8 Å². The molecule has 1 saturated carbocycles. The Kier molecular flexibility index (Phi) is 2.40. The Morgan fingerprint density at radius 2 is 1.94 bits per heavy atom. The molecular formula is C12H11ClN2O. The number of fused-ring (bicyclic) bond motifs is 1. The average molecular weight is 235 g/mol. The zero-order valence-electron chi connectivity index (χ0n) is 8.69. The SMILES string of the molecule is Clc1nnc(OCC2CC2)c2ccccc12. The van der Waals surface area contributed by atoms with Crippen LogP contribution in [0.2, 0.25) is 5.15 Å². The van der Waals surface area contributed by atoms with Gasteiger partial charge in [0.1, 0.15) is 0 Å². The smallest absolute Gasteiger partial charge is 0.241 e. The van der Waals surface area contributed by atoms with Crippen LogP contribution in [0.3, 0.4) is 0 Å². The maximum atomic E-state index is 5.97. The molecule has 82 valence electrons. The second-order valence-corrected chi connectivity index (χ2v) is 4.45. The van der Waals surface area contributed by atoms with E-state index >= 15 is 0 Å². The van der Waals surface area contributed by atoms with Gasteiger partial charge >= 0.3 is 0 Å². The largest absolute Gasteiger partial charge is 0.476 e. The lowest BCUT2D eigenvalue weighted by Crippen LogP contribution is -2.02. The molecule has 1 aromatic heterocycles. The third-order valence-electron chi connectivity index (χ3n) is 2.76. The predicted octanol–water partition coefficient (Wildman–Crippen LogP) is 3.07. The van der Waals surface area contributed by atoms with Crippen molar-refractivity contribution in [3.8, 4) is 5.88 Å². The van der Waals surface area contributed by atoms with E-state index in [2.05, 4.69) is 10.2 Å². The van der Waals surface area contributed by atoms with E-state index in [1.54, 1.807) is 0 Å². The Hall–Kier alpha value is -1.35. The molecule has 3 rings (SSSR count). The monoisotopic (exact) mass is 234 g/mol. The zero-order valence-corrected chi connectivity index (χ0v) is 9.44. The van der Waals surface area contributed by atoms with Gasteiger partial charge in [0.25, 0.3) is 0 Å². The molecule has 3 nitrogen and oxygen atoms in total. The molecule has 1 aliphatic carbocycles. The minimum atomic E-state index is 0.425. The molecule has 16 heavy (non-hydrogen) atoms. The average Bonchev–Trinajstić information content (AvgIpc) is 3.13. The number of benzene rings is 1. The van der Waals surface area contributed by atoms with E-state index in [-0.39, 0.29) is 0 Å². The van der Waals surface area contributed by atoms with E-state index in [1.807, 2.05) is 24.3 Å². The molecule has 0 atom stereocenters. The van der Waals surface area contributed by atoms with Crippen molar-refractivity contribution >= 4 is 22.4 Å². The molecule has 1 fully saturated rings. The summed E-state index contributed by atoms with van der Waals surface area (Å²) in [4.78, 5) is 0. The van der Waals surface area contributed by atoms with E-state index in [1.165, 1.54) is 12.8 Å². The molecule has 1 aromatic carbocycles. The Morgan fingerprint density at radius 3 is 2.69 bits per heavy atom. The summed E-state index contributed by atoms with van der Waals surface area (Å²) in [5, 5.41) is 10.2. The third-order valence-corrected chi connectivity index (χ3v) is 3.04. The van der Waals surface area contributed by atoms with Gasteiger partial charge in [0.2, 0.25) is 5.88 Å². The topological polar surface area (TPSA) is 35.0 Å². The lowest BCUT2D eigenvalue weighted by atomic mass is 10.2. The fourth-order valence-corrected chi connectivity index (χ4v) is 1.84. The van der Waals surface area contributed by atoms with E-state index in [9.17, 15) is 0 Å². The van der Waals surface area contributed by atoms with Crippen LogP contribution in [-0.4, -0.2) is 16.8 Å². The molecule has 0 aliphatic heterocycles. The van der Waals surface area contributed by atoms with Crippen LogP contribution in [0.5, 0.6) is 5.88 Å². The summed E-state index contributed by atoms with van der Waals surface area (Å²) >= 11 is 5.97. The van der Waals surface area contributed by atoms with Crippen LogP contribution in [0.15, 0.2) is 24.3 Å². The number of hydrogen-bond acceptors (Lipinski definition) is 3. The van der Waals surface area contributed by atoms with Gasteiger partial charge in [-0.05, 0) is 24.8 Å². The van der Waals surface area contributed by atoms with Crippen molar-refractivity contribution in [2.75, 3.05) is 6.61 Å². The Labute approximate surface area is 98.4 Å². The van der Waals surface area contributed by atoms with Crippen molar-refractivity contribution in [1.82, 2.24) is 10.2 Å². The molecule has 2 aromatic rings. The number of nitrogens with zero attached hydrogens (tertiary/aromatic N) is 2. The van der Waals surface area contributed by atoms with Crippen molar-refractivity contribution in [2.24, 2.45) is 5.92 Å². The Bertz CT molecular complexity index is 525. The molecule has 4 heteroatoms. The van der Waals surface area contributed by atoms with Gasteiger partial charge in [-0.2, -0.15) is 0 Å². The second kappa shape index (κ2) is 3.91. The van der Waals surface area contributed by atoms with E-state index in [0.29, 0.717) is 17.0 Å². The molecule has 0 saturated heterocycles. The summed E-state index contributed by atoms with van der Waals surface area (Å²) in [5.74, 6) is 1.29. The first-order valence-corrected chi connectivity index (χ1v) is 5.76. The first-order valence-electron chi connectivity index (χ1n) is 5.38. The first-order chi connectivity index (χ1) is 7.84. The number of halogens is 1. The molecule has 1 aliphatic rings. The predicted molar refractivity (Wildman–Crippen MR) is 62.8 cm³/mol. The van der Waals surface area contributed by atoms with E-state index in [4.69, 9.17) is 16.3 Å².